The van der Waals surface area contributed by atoms with Gasteiger partial charge in [-0.1, -0.05) is 24.9 Å². The van der Waals surface area contributed by atoms with Crippen LogP contribution in [0.25, 0.3) is 0 Å². The Labute approximate surface area is 113 Å². The van der Waals surface area contributed by atoms with Crippen LogP contribution in [-0.2, 0) is 10.0 Å². The van der Waals surface area contributed by atoms with Gasteiger partial charge in [-0.15, -0.1) is 0 Å². The largest absolute Gasteiger partial charge is 0.395 e. The Bertz CT molecular complexity index is 459. The second-order valence-electron chi connectivity index (χ2n) is 3.94. The van der Waals surface area contributed by atoms with Crippen molar-refractivity contribution >= 4 is 21.6 Å². The van der Waals surface area contributed by atoms with Crippen LogP contribution in [0.5, 0.6) is 0 Å². The molecule has 18 heavy (non-hydrogen) atoms. The Morgan fingerprint density at radius 2 is 1.83 bits per heavy atom. The summed E-state index contributed by atoms with van der Waals surface area (Å²) in [5.74, 6) is 0. The zero-order chi connectivity index (χ0) is 13.6. The maximum absolute atomic E-state index is 12.3. The van der Waals surface area contributed by atoms with Crippen LogP contribution in [0.15, 0.2) is 29.2 Å². The zero-order valence-corrected chi connectivity index (χ0v) is 11.9. The number of rotatable bonds is 7. The van der Waals surface area contributed by atoms with Crippen LogP contribution in [0.3, 0.4) is 0 Å². The van der Waals surface area contributed by atoms with Crippen LogP contribution in [0.1, 0.15) is 19.8 Å². The Morgan fingerprint density at radius 1 is 1.22 bits per heavy atom. The molecule has 0 atom stereocenters. The van der Waals surface area contributed by atoms with Gasteiger partial charge in [0.15, 0.2) is 0 Å². The summed E-state index contributed by atoms with van der Waals surface area (Å²) in [6.07, 6.45) is 1.67. The van der Waals surface area contributed by atoms with Crippen molar-refractivity contribution in [1.29, 1.82) is 0 Å². The number of sulfonamides is 1. The topological polar surface area (TPSA) is 57.6 Å². The number of benzene rings is 1. The fraction of sp³-hybridized carbons (Fsp3) is 0.500. The number of nitrogens with zero attached hydrogens (tertiary/aromatic N) is 1. The van der Waals surface area contributed by atoms with E-state index >= 15 is 0 Å². The van der Waals surface area contributed by atoms with Crippen molar-refractivity contribution in [3.63, 3.8) is 0 Å². The molecule has 1 aromatic rings. The molecular weight excluding hydrogens is 274 g/mol. The van der Waals surface area contributed by atoms with Gasteiger partial charge >= 0.3 is 0 Å². The molecule has 0 aliphatic carbocycles. The van der Waals surface area contributed by atoms with Crippen molar-refractivity contribution in [2.75, 3.05) is 19.7 Å². The molecule has 0 amide bonds. The maximum atomic E-state index is 12.3. The van der Waals surface area contributed by atoms with Crippen LogP contribution < -0.4 is 0 Å². The quantitative estimate of drug-likeness (QED) is 0.837. The van der Waals surface area contributed by atoms with Crippen molar-refractivity contribution in [2.24, 2.45) is 0 Å². The van der Waals surface area contributed by atoms with Crippen molar-refractivity contribution in [3.8, 4) is 0 Å². The minimum atomic E-state index is -3.54. The summed E-state index contributed by atoms with van der Waals surface area (Å²) in [5.41, 5.74) is 0. The second kappa shape index (κ2) is 7.09. The third-order valence-electron chi connectivity index (χ3n) is 2.56. The Morgan fingerprint density at radius 3 is 2.33 bits per heavy atom. The third-order valence-corrected chi connectivity index (χ3v) is 4.73. The van der Waals surface area contributed by atoms with Crippen LogP contribution in [-0.4, -0.2) is 37.5 Å². The first-order valence-corrected chi connectivity index (χ1v) is 7.70. The van der Waals surface area contributed by atoms with E-state index in [2.05, 4.69) is 0 Å². The van der Waals surface area contributed by atoms with E-state index in [9.17, 15) is 8.42 Å². The molecule has 6 heteroatoms. The van der Waals surface area contributed by atoms with E-state index in [0.29, 0.717) is 11.6 Å². The molecule has 4 nitrogen and oxygen atoms in total. The Balaban J connectivity index is 2.96. The summed E-state index contributed by atoms with van der Waals surface area (Å²) in [6, 6.07) is 6.05. The molecule has 0 radical (unpaired) electrons. The highest BCUT2D eigenvalue weighted by Crippen LogP contribution is 2.18. The molecule has 1 aromatic carbocycles. The molecule has 1 rings (SSSR count). The molecule has 0 aliphatic heterocycles. The summed E-state index contributed by atoms with van der Waals surface area (Å²) in [6.45, 7) is 2.34. The molecule has 102 valence electrons. The van der Waals surface area contributed by atoms with Crippen molar-refractivity contribution < 1.29 is 13.5 Å². The van der Waals surface area contributed by atoms with Gasteiger partial charge in [-0.05, 0) is 30.7 Å². The second-order valence-corrected chi connectivity index (χ2v) is 6.31. The van der Waals surface area contributed by atoms with Gasteiger partial charge in [-0.25, -0.2) is 8.42 Å². The fourth-order valence-corrected chi connectivity index (χ4v) is 3.15. The standard InChI is InChI=1S/C12H18ClNO3S/c1-2-3-8-14(9-10-15)18(16,17)12-6-4-11(13)5-7-12/h4-7,15H,2-3,8-10H2,1H3. The highest BCUT2D eigenvalue weighted by atomic mass is 35.5. The average Bonchev–Trinajstić information content (AvgIpc) is 2.35. The lowest BCUT2D eigenvalue weighted by Gasteiger charge is -2.21. The lowest BCUT2D eigenvalue weighted by atomic mass is 10.3. The molecule has 1 N–H and O–H groups in total. The lowest BCUT2D eigenvalue weighted by Crippen LogP contribution is -2.34. The summed E-state index contributed by atoms with van der Waals surface area (Å²) in [5, 5.41) is 9.46. The summed E-state index contributed by atoms with van der Waals surface area (Å²) in [4.78, 5) is 0.205. The van der Waals surface area contributed by atoms with E-state index in [-0.39, 0.29) is 18.0 Å². The third kappa shape index (κ3) is 3.95. The number of aliphatic hydroxyl groups excluding tert-OH is 1. The summed E-state index contributed by atoms with van der Waals surface area (Å²) >= 11 is 5.74. The average molecular weight is 292 g/mol. The first-order chi connectivity index (χ1) is 8.52. The van der Waals surface area contributed by atoms with E-state index in [0.717, 1.165) is 12.8 Å². The van der Waals surface area contributed by atoms with Gasteiger partial charge in [0.25, 0.3) is 0 Å². The molecule has 0 aromatic heterocycles. The normalized spacial score (nSPS) is 12.0. The smallest absolute Gasteiger partial charge is 0.243 e. The van der Waals surface area contributed by atoms with Gasteiger partial charge in [-0.2, -0.15) is 4.31 Å². The van der Waals surface area contributed by atoms with Gasteiger partial charge in [0.1, 0.15) is 0 Å². The van der Waals surface area contributed by atoms with Crippen molar-refractivity contribution in [3.05, 3.63) is 29.3 Å². The molecule has 0 heterocycles. The maximum Gasteiger partial charge on any atom is 0.243 e. The highest BCUT2D eigenvalue weighted by molar-refractivity contribution is 7.89. The lowest BCUT2D eigenvalue weighted by molar-refractivity contribution is 0.252. The number of unbranched alkanes of at least 4 members (excludes halogenated alkanes) is 1. The van der Waals surface area contributed by atoms with Crippen molar-refractivity contribution in [2.45, 2.75) is 24.7 Å². The first kappa shape index (κ1) is 15.4. The van der Waals surface area contributed by atoms with E-state index in [1.807, 2.05) is 6.92 Å². The number of halogens is 1. The van der Waals surface area contributed by atoms with Crippen LogP contribution in [0.4, 0.5) is 0 Å². The molecule has 0 aliphatic rings. The van der Waals surface area contributed by atoms with Gasteiger partial charge < -0.3 is 5.11 Å². The van der Waals surface area contributed by atoms with E-state index in [1.54, 1.807) is 12.1 Å². The molecular formula is C12H18ClNO3S. The Hall–Kier alpha value is -0.620. The highest BCUT2D eigenvalue weighted by Gasteiger charge is 2.23. The van der Waals surface area contributed by atoms with E-state index in [1.165, 1.54) is 16.4 Å². The minimum absolute atomic E-state index is 0.116. The van der Waals surface area contributed by atoms with Gasteiger partial charge in [0.05, 0.1) is 11.5 Å². The SMILES string of the molecule is CCCCN(CCO)S(=O)(=O)c1ccc(Cl)cc1. The molecule has 0 unspecified atom stereocenters. The molecule has 0 saturated carbocycles. The minimum Gasteiger partial charge on any atom is -0.395 e. The van der Waals surface area contributed by atoms with E-state index < -0.39 is 10.0 Å². The van der Waals surface area contributed by atoms with Crippen molar-refractivity contribution in [1.82, 2.24) is 4.31 Å². The Kier molecular flexibility index (Phi) is 6.08. The molecule has 0 saturated heterocycles. The van der Waals surface area contributed by atoms with Crippen LogP contribution >= 0.6 is 11.6 Å². The number of hydrogen-bond acceptors (Lipinski definition) is 3. The first-order valence-electron chi connectivity index (χ1n) is 5.89. The molecule has 0 spiro atoms. The molecule has 0 bridgehead atoms. The summed E-state index contributed by atoms with van der Waals surface area (Å²) < 4.78 is 25.9. The number of hydrogen-bond donors (Lipinski definition) is 1. The zero-order valence-electron chi connectivity index (χ0n) is 10.3. The monoisotopic (exact) mass is 291 g/mol. The van der Waals surface area contributed by atoms with Crippen LogP contribution in [0.2, 0.25) is 5.02 Å². The predicted molar refractivity (Wildman–Crippen MR) is 72.2 cm³/mol. The molecule has 0 fully saturated rings. The van der Waals surface area contributed by atoms with Gasteiger partial charge in [0.2, 0.25) is 10.0 Å². The van der Waals surface area contributed by atoms with E-state index in [4.69, 9.17) is 16.7 Å². The number of aliphatic hydroxyl groups is 1. The fourth-order valence-electron chi connectivity index (χ4n) is 1.55. The summed E-state index contributed by atoms with van der Waals surface area (Å²) in [7, 11) is -3.54. The van der Waals surface area contributed by atoms with Gasteiger partial charge in [0, 0.05) is 18.1 Å². The predicted octanol–water partition coefficient (Wildman–Crippen LogP) is 2.12. The van der Waals surface area contributed by atoms with Gasteiger partial charge in [-0.3, -0.25) is 0 Å². The van der Waals surface area contributed by atoms with Crippen LogP contribution in [0, 0.1) is 0 Å².